The van der Waals surface area contributed by atoms with Crippen molar-refractivity contribution in [2.75, 3.05) is 18.5 Å². The molecule has 7 nitrogen and oxygen atoms in total. The summed E-state index contributed by atoms with van der Waals surface area (Å²) in [6.45, 7) is 0.458. The Balaban J connectivity index is 1.22. The van der Waals surface area contributed by atoms with Crippen LogP contribution in [0.3, 0.4) is 0 Å². The predicted octanol–water partition coefficient (Wildman–Crippen LogP) is 3.68. The van der Waals surface area contributed by atoms with Crippen molar-refractivity contribution >= 4 is 11.9 Å². The van der Waals surface area contributed by atoms with Crippen molar-refractivity contribution in [1.29, 1.82) is 0 Å². The fraction of sp³-hybridized carbons (Fsp3) is 0.292. The minimum Gasteiger partial charge on any atom is -0.371 e. The lowest BCUT2D eigenvalue weighted by atomic mass is 10.1. The number of carbonyl (C=O) groups excluding carboxylic acids is 1. The number of anilines is 1. The lowest BCUT2D eigenvalue weighted by Crippen LogP contribution is -2.44. The van der Waals surface area contributed by atoms with Crippen molar-refractivity contribution < 1.29 is 31.8 Å². The van der Waals surface area contributed by atoms with Crippen LogP contribution in [-0.4, -0.2) is 53.4 Å². The highest BCUT2D eigenvalue weighted by Crippen LogP contribution is 2.31. The Hall–Kier alpha value is -3.57. The normalized spacial score (nSPS) is 23.7. The van der Waals surface area contributed by atoms with Crippen LogP contribution >= 0.6 is 0 Å². The van der Waals surface area contributed by atoms with E-state index in [0.29, 0.717) is 17.2 Å². The van der Waals surface area contributed by atoms with Crippen molar-refractivity contribution in [3.05, 3.63) is 77.7 Å². The largest absolute Gasteiger partial charge is 0.416 e. The molecule has 0 spiro atoms. The van der Waals surface area contributed by atoms with E-state index in [4.69, 9.17) is 9.47 Å². The SMILES string of the molecule is O=C(N[C@H]1CO[C@H]2[C@@H]1OC[C@@H]2Nc1nccc(-c2cccc(F)c2)n1)c1ccc(C(F)(F)F)cc1. The van der Waals surface area contributed by atoms with E-state index < -0.39 is 35.9 Å². The molecule has 2 fully saturated rings. The molecule has 0 radical (unpaired) electrons. The Kier molecular flexibility index (Phi) is 6.12. The number of hydrogen-bond donors (Lipinski definition) is 2. The van der Waals surface area contributed by atoms with Crippen LogP contribution in [0.1, 0.15) is 15.9 Å². The first-order chi connectivity index (χ1) is 16.8. The monoisotopic (exact) mass is 488 g/mol. The van der Waals surface area contributed by atoms with E-state index >= 15 is 0 Å². The van der Waals surface area contributed by atoms with E-state index in [0.717, 1.165) is 24.3 Å². The summed E-state index contributed by atoms with van der Waals surface area (Å²) in [4.78, 5) is 21.2. The second-order valence-electron chi connectivity index (χ2n) is 8.28. The van der Waals surface area contributed by atoms with Crippen LogP contribution < -0.4 is 10.6 Å². The number of aromatic nitrogens is 2. The molecule has 0 saturated carbocycles. The van der Waals surface area contributed by atoms with Crippen molar-refractivity contribution in [3.8, 4) is 11.3 Å². The number of hydrogen-bond acceptors (Lipinski definition) is 6. The van der Waals surface area contributed by atoms with Gasteiger partial charge in [-0.15, -0.1) is 0 Å². The molecule has 0 unspecified atom stereocenters. The first kappa shape index (κ1) is 23.2. The van der Waals surface area contributed by atoms with Crippen LogP contribution in [0.2, 0.25) is 0 Å². The summed E-state index contributed by atoms with van der Waals surface area (Å²) in [5, 5.41) is 5.96. The fourth-order valence-corrected chi connectivity index (χ4v) is 4.21. The van der Waals surface area contributed by atoms with Crippen molar-refractivity contribution in [3.63, 3.8) is 0 Å². The average molecular weight is 488 g/mol. The van der Waals surface area contributed by atoms with Crippen molar-refractivity contribution in [2.24, 2.45) is 0 Å². The van der Waals surface area contributed by atoms with Gasteiger partial charge in [0.15, 0.2) is 0 Å². The van der Waals surface area contributed by atoms with E-state index in [1.807, 2.05) is 0 Å². The Morgan fingerprint density at radius 2 is 1.69 bits per heavy atom. The van der Waals surface area contributed by atoms with E-state index in [1.54, 1.807) is 24.4 Å². The second kappa shape index (κ2) is 9.23. The third-order valence-corrected chi connectivity index (χ3v) is 5.93. The highest BCUT2D eigenvalue weighted by atomic mass is 19.4. The number of amides is 1. The molecule has 11 heteroatoms. The smallest absolute Gasteiger partial charge is 0.371 e. The number of alkyl halides is 3. The van der Waals surface area contributed by atoms with Crippen LogP contribution in [-0.2, 0) is 15.7 Å². The zero-order valence-electron chi connectivity index (χ0n) is 18.1. The van der Waals surface area contributed by atoms with Gasteiger partial charge in [0.1, 0.15) is 18.0 Å². The maximum atomic E-state index is 13.6. The molecule has 3 aromatic rings. The van der Waals surface area contributed by atoms with Crippen LogP contribution in [0.4, 0.5) is 23.5 Å². The van der Waals surface area contributed by atoms with E-state index in [9.17, 15) is 22.4 Å². The molecule has 2 aliphatic rings. The van der Waals surface area contributed by atoms with Gasteiger partial charge in [-0.3, -0.25) is 4.79 Å². The quantitative estimate of drug-likeness (QED) is 0.533. The molecule has 2 aromatic carbocycles. The first-order valence-corrected chi connectivity index (χ1v) is 10.8. The van der Waals surface area contributed by atoms with Crippen LogP contribution in [0.5, 0.6) is 0 Å². The molecule has 2 saturated heterocycles. The molecule has 1 aromatic heterocycles. The lowest BCUT2D eigenvalue weighted by molar-refractivity contribution is -0.137. The number of fused-ring (bicyclic) bond motifs is 1. The number of rotatable bonds is 5. The second-order valence-corrected chi connectivity index (χ2v) is 8.28. The maximum Gasteiger partial charge on any atom is 0.416 e. The number of halogens is 4. The van der Waals surface area contributed by atoms with Gasteiger partial charge in [0, 0.05) is 17.3 Å². The van der Waals surface area contributed by atoms with Gasteiger partial charge in [-0.05, 0) is 42.5 Å². The minimum absolute atomic E-state index is 0.108. The van der Waals surface area contributed by atoms with E-state index in [2.05, 4.69) is 20.6 Å². The summed E-state index contributed by atoms with van der Waals surface area (Å²) >= 11 is 0. The number of nitrogens with zero attached hydrogens (tertiary/aromatic N) is 2. The third-order valence-electron chi connectivity index (χ3n) is 5.93. The summed E-state index contributed by atoms with van der Waals surface area (Å²) in [5.74, 6) is -0.563. The van der Waals surface area contributed by atoms with Crippen LogP contribution in [0.25, 0.3) is 11.3 Å². The molecule has 0 bridgehead atoms. The molecule has 2 aliphatic heterocycles. The molecule has 5 rings (SSSR count). The predicted molar refractivity (Wildman–Crippen MR) is 117 cm³/mol. The molecule has 35 heavy (non-hydrogen) atoms. The maximum absolute atomic E-state index is 13.6. The molecule has 182 valence electrons. The zero-order chi connectivity index (χ0) is 24.6. The topological polar surface area (TPSA) is 85.4 Å². The molecule has 0 aliphatic carbocycles. The van der Waals surface area contributed by atoms with Gasteiger partial charge in [0.05, 0.1) is 36.6 Å². The molecule has 3 heterocycles. The molecule has 1 amide bonds. The number of carbonyl (C=O) groups is 1. The Morgan fingerprint density at radius 1 is 0.971 bits per heavy atom. The molecule has 2 N–H and O–H groups in total. The van der Waals surface area contributed by atoms with E-state index in [-0.39, 0.29) is 30.6 Å². The van der Waals surface area contributed by atoms with Gasteiger partial charge in [-0.25, -0.2) is 14.4 Å². The summed E-state index contributed by atoms with van der Waals surface area (Å²) in [6, 6.07) is 11.0. The van der Waals surface area contributed by atoms with Gasteiger partial charge in [-0.2, -0.15) is 13.2 Å². The summed E-state index contributed by atoms with van der Waals surface area (Å²) < 4.78 is 63.5. The third kappa shape index (κ3) is 4.96. The number of ether oxygens (including phenoxy) is 2. The highest BCUT2D eigenvalue weighted by Gasteiger charge is 2.48. The van der Waals surface area contributed by atoms with E-state index in [1.165, 1.54) is 12.1 Å². The molecule has 4 atom stereocenters. The molecular formula is C24H20F4N4O3. The Morgan fingerprint density at radius 3 is 2.40 bits per heavy atom. The minimum atomic E-state index is -4.47. The van der Waals surface area contributed by atoms with Crippen molar-refractivity contribution in [2.45, 2.75) is 30.5 Å². The Bertz CT molecular complexity index is 1220. The average Bonchev–Trinajstić information content (AvgIpc) is 3.42. The standard InChI is InChI=1S/C24H20F4N4O3/c25-16-3-1-2-14(10-16)17-8-9-29-23(31-17)32-19-12-35-20-18(11-34-21(19)20)30-22(33)13-4-6-15(7-5-13)24(26,27)28/h1-10,18-21H,11-12H2,(H,30,33)(H,29,31,32)/t18-,19-,20+,21+/m0/s1. The fourth-order valence-electron chi connectivity index (χ4n) is 4.21. The summed E-state index contributed by atoms with van der Waals surface area (Å²) in [7, 11) is 0. The van der Waals surface area contributed by atoms with Crippen molar-refractivity contribution in [1.82, 2.24) is 15.3 Å². The highest BCUT2D eigenvalue weighted by molar-refractivity contribution is 5.94. The van der Waals surface area contributed by atoms with Gasteiger partial charge < -0.3 is 20.1 Å². The number of benzene rings is 2. The first-order valence-electron chi connectivity index (χ1n) is 10.8. The van der Waals surface area contributed by atoms with Crippen LogP contribution in [0, 0.1) is 5.82 Å². The lowest BCUT2D eigenvalue weighted by Gasteiger charge is -2.18. The van der Waals surface area contributed by atoms with Gasteiger partial charge in [0.2, 0.25) is 5.95 Å². The van der Waals surface area contributed by atoms with Gasteiger partial charge in [-0.1, -0.05) is 12.1 Å². The number of nitrogens with one attached hydrogen (secondary N) is 2. The summed E-state index contributed by atoms with van der Waals surface area (Å²) in [5.41, 5.74) is 0.442. The zero-order valence-corrected chi connectivity index (χ0v) is 18.1. The van der Waals surface area contributed by atoms with Gasteiger partial charge >= 0.3 is 6.18 Å². The summed E-state index contributed by atoms with van der Waals surface area (Å²) in [6.07, 6.45) is -3.75. The van der Waals surface area contributed by atoms with Crippen LogP contribution in [0.15, 0.2) is 60.8 Å². The Labute approximate surface area is 197 Å². The molecular weight excluding hydrogens is 468 g/mol. The van der Waals surface area contributed by atoms with Gasteiger partial charge in [0.25, 0.3) is 5.91 Å².